The highest BCUT2D eigenvalue weighted by Crippen LogP contribution is 2.27. The van der Waals surface area contributed by atoms with Crippen molar-refractivity contribution in [3.8, 4) is 11.1 Å². The number of carboxylic acids is 1. The van der Waals surface area contributed by atoms with Gasteiger partial charge in [0.2, 0.25) is 10.0 Å². The highest BCUT2D eigenvalue weighted by molar-refractivity contribution is 7.89. The van der Waals surface area contributed by atoms with Crippen molar-refractivity contribution in [2.75, 3.05) is 33.2 Å². The maximum Gasteiger partial charge on any atom is 0.335 e. The van der Waals surface area contributed by atoms with Crippen LogP contribution in [0.25, 0.3) is 11.1 Å². The van der Waals surface area contributed by atoms with Crippen LogP contribution in [0.4, 0.5) is 0 Å². The Kier molecular flexibility index (Phi) is 4.89. The number of benzene rings is 2. The largest absolute Gasteiger partial charge is 0.478 e. The SMILES string of the molecule is CN1CCN(S(=O)(=O)c2cc(C(=O)O)cc(-c3ccccc3)c2)CC1. The van der Waals surface area contributed by atoms with Crippen molar-refractivity contribution < 1.29 is 18.3 Å². The summed E-state index contributed by atoms with van der Waals surface area (Å²) in [7, 11) is -1.78. The highest BCUT2D eigenvalue weighted by Gasteiger charge is 2.28. The van der Waals surface area contributed by atoms with Gasteiger partial charge in [-0.1, -0.05) is 30.3 Å². The third-order valence-electron chi connectivity index (χ3n) is 4.36. The van der Waals surface area contributed by atoms with Crippen molar-refractivity contribution in [3.05, 3.63) is 54.1 Å². The molecule has 0 aromatic heterocycles. The second-order valence-electron chi connectivity index (χ2n) is 6.12. The summed E-state index contributed by atoms with van der Waals surface area (Å²) in [5, 5.41) is 9.38. The van der Waals surface area contributed by atoms with E-state index in [1.54, 1.807) is 6.07 Å². The van der Waals surface area contributed by atoms with E-state index in [1.807, 2.05) is 37.4 Å². The van der Waals surface area contributed by atoms with Gasteiger partial charge in [-0.2, -0.15) is 4.31 Å². The van der Waals surface area contributed by atoms with Crippen LogP contribution < -0.4 is 0 Å². The molecule has 1 N–H and O–H groups in total. The number of carboxylic acid groups (broad SMARTS) is 1. The Bertz CT molecular complexity index is 873. The molecule has 0 unspecified atom stereocenters. The summed E-state index contributed by atoms with van der Waals surface area (Å²) in [6.45, 7) is 2.11. The molecule has 0 amide bonds. The van der Waals surface area contributed by atoms with Crippen LogP contribution in [0, 0.1) is 0 Å². The van der Waals surface area contributed by atoms with E-state index in [2.05, 4.69) is 4.90 Å². The topological polar surface area (TPSA) is 77.9 Å². The Morgan fingerprint density at radius 1 is 0.960 bits per heavy atom. The smallest absolute Gasteiger partial charge is 0.335 e. The lowest BCUT2D eigenvalue weighted by molar-refractivity contribution is 0.0696. The number of nitrogens with zero attached hydrogens (tertiary/aromatic N) is 2. The third-order valence-corrected chi connectivity index (χ3v) is 6.24. The molecule has 1 heterocycles. The quantitative estimate of drug-likeness (QED) is 0.902. The number of carbonyl (C=O) groups is 1. The second-order valence-corrected chi connectivity index (χ2v) is 8.06. The maximum absolute atomic E-state index is 13.0. The molecule has 25 heavy (non-hydrogen) atoms. The van der Waals surface area contributed by atoms with Gasteiger partial charge in [0, 0.05) is 26.2 Å². The van der Waals surface area contributed by atoms with Gasteiger partial charge in [-0.25, -0.2) is 13.2 Å². The van der Waals surface area contributed by atoms with Gasteiger partial charge in [0.15, 0.2) is 0 Å². The van der Waals surface area contributed by atoms with Crippen LogP contribution in [0.1, 0.15) is 10.4 Å². The number of aromatic carboxylic acids is 1. The van der Waals surface area contributed by atoms with Crippen molar-refractivity contribution in [1.29, 1.82) is 0 Å². The Hall–Kier alpha value is -2.22. The summed E-state index contributed by atoms with van der Waals surface area (Å²) in [6, 6.07) is 13.5. The molecular formula is C18H20N2O4S. The highest BCUT2D eigenvalue weighted by atomic mass is 32.2. The molecule has 0 atom stereocenters. The first-order valence-electron chi connectivity index (χ1n) is 8.00. The zero-order valence-corrected chi connectivity index (χ0v) is 14.7. The molecule has 7 heteroatoms. The fourth-order valence-electron chi connectivity index (χ4n) is 2.85. The van der Waals surface area contributed by atoms with Gasteiger partial charge in [-0.3, -0.25) is 0 Å². The van der Waals surface area contributed by atoms with E-state index in [1.165, 1.54) is 16.4 Å². The van der Waals surface area contributed by atoms with Gasteiger partial charge in [0.25, 0.3) is 0 Å². The third kappa shape index (κ3) is 3.73. The van der Waals surface area contributed by atoms with Crippen LogP contribution in [0.2, 0.25) is 0 Å². The van der Waals surface area contributed by atoms with Crippen LogP contribution in [-0.4, -0.2) is 61.9 Å². The van der Waals surface area contributed by atoms with Gasteiger partial charge in [-0.05, 0) is 36.4 Å². The summed E-state index contributed by atoms with van der Waals surface area (Å²) in [5.41, 5.74) is 1.32. The second kappa shape index (κ2) is 6.95. The first kappa shape index (κ1) is 17.6. The minimum atomic E-state index is -3.73. The summed E-state index contributed by atoms with van der Waals surface area (Å²) < 4.78 is 27.4. The van der Waals surface area contributed by atoms with Crippen LogP contribution in [0.5, 0.6) is 0 Å². The molecule has 1 aliphatic heterocycles. The molecular weight excluding hydrogens is 340 g/mol. The molecule has 6 nitrogen and oxygen atoms in total. The number of rotatable bonds is 4. The molecule has 2 aromatic rings. The van der Waals surface area contributed by atoms with Crippen molar-refractivity contribution in [3.63, 3.8) is 0 Å². The summed E-state index contributed by atoms with van der Waals surface area (Å²) >= 11 is 0. The molecule has 0 bridgehead atoms. The zero-order chi connectivity index (χ0) is 18.0. The number of piperazine rings is 1. The molecule has 1 fully saturated rings. The predicted octanol–water partition coefficient (Wildman–Crippen LogP) is 1.99. The van der Waals surface area contributed by atoms with Gasteiger partial charge in [0.05, 0.1) is 10.5 Å². The average molecular weight is 360 g/mol. The fourth-order valence-corrected chi connectivity index (χ4v) is 4.34. The lowest BCUT2D eigenvalue weighted by Gasteiger charge is -2.31. The monoisotopic (exact) mass is 360 g/mol. The minimum Gasteiger partial charge on any atom is -0.478 e. The lowest BCUT2D eigenvalue weighted by atomic mass is 10.0. The summed E-state index contributed by atoms with van der Waals surface area (Å²) in [4.78, 5) is 13.6. The Morgan fingerprint density at radius 2 is 1.60 bits per heavy atom. The summed E-state index contributed by atoms with van der Waals surface area (Å²) in [5.74, 6) is -1.15. The van der Waals surface area contributed by atoms with Gasteiger partial charge in [-0.15, -0.1) is 0 Å². The average Bonchev–Trinajstić information content (AvgIpc) is 2.62. The van der Waals surface area contributed by atoms with Crippen LogP contribution in [0.15, 0.2) is 53.4 Å². The van der Waals surface area contributed by atoms with E-state index in [9.17, 15) is 18.3 Å². The van der Waals surface area contributed by atoms with E-state index in [-0.39, 0.29) is 10.5 Å². The molecule has 2 aromatic carbocycles. The predicted molar refractivity (Wildman–Crippen MR) is 95.1 cm³/mol. The van der Waals surface area contributed by atoms with Gasteiger partial charge < -0.3 is 10.0 Å². The maximum atomic E-state index is 13.0. The van der Waals surface area contributed by atoms with Gasteiger partial charge in [0.1, 0.15) is 0 Å². The van der Waals surface area contributed by atoms with Gasteiger partial charge >= 0.3 is 5.97 Å². The molecule has 1 aliphatic rings. The van der Waals surface area contributed by atoms with Crippen LogP contribution in [0.3, 0.4) is 0 Å². The van der Waals surface area contributed by atoms with Crippen molar-refractivity contribution in [1.82, 2.24) is 9.21 Å². The number of likely N-dealkylation sites (N-methyl/N-ethyl adjacent to an activating group) is 1. The van der Waals surface area contributed by atoms with E-state index < -0.39 is 16.0 Å². The number of sulfonamides is 1. The summed E-state index contributed by atoms with van der Waals surface area (Å²) in [6.07, 6.45) is 0. The van der Waals surface area contributed by atoms with Crippen molar-refractivity contribution in [2.24, 2.45) is 0 Å². The van der Waals surface area contributed by atoms with Crippen molar-refractivity contribution >= 4 is 16.0 Å². The van der Waals surface area contributed by atoms with E-state index in [0.717, 1.165) is 5.56 Å². The molecule has 3 rings (SSSR count). The van der Waals surface area contributed by atoms with Crippen molar-refractivity contribution in [2.45, 2.75) is 4.90 Å². The van der Waals surface area contributed by atoms with E-state index in [0.29, 0.717) is 31.7 Å². The molecule has 132 valence electrons. The first-order valence-corrected chi connectivity index (χ1v) is 9.44. The van der Waals surface area contributed by atoms with Crippen LogP contribution >= 0.6 is 0 Å². The number of hydrogen-bond acceptors (Lipinski definition) is 4. The molecule has 0 spiro atoms. The molecule has 1 saturated heterocycles. The Morgan fingerprint density at radius 3 is 2.20 bits per heavy atom. The van der Waals surface area contributed by atoms with Crippen LogP contribution in [-0.2, 0) is 10.0 Å². The fraction of sp³-hybridized carbons (Fsp3) is 0.278. The Balaban J connectivity index is 2.06. The minimum absolute atomic E-state index is 0.0239. The van der Waals surface area contributed by atoms with E-state index in [4.69, 9.17) is 0 Å². The lowest BCUT2D eigenvalue weighted by Crippen LogP contribution is -2.47. The standard InChI is InChI=1S/C18H20N2O4S/c1-19-7-9-20(10-8-19)25(23,24)17-12-15(11-16(13-17)18(21)22)14-5-3-2-4-6-14/h2-6,11-13H,7-10H2,1H3,(H,21,22). The molecule has 0 saturated carbocycles. The molecule has 0 radical (unpaired) electrons. The zero-order valence-electron chi connectivity index (χ0n) is 13.9. The first-order chi connectivity index (χ1) is 11.9. The number of hydrogen-bond donors (Lipinski definition) is 1. The molecule has 0 aliphatic carbocycles. The normalized spacial score (nSPS) is 16.7. The van der Waals surface area contributed by atoms with E-state index >= 15 is 0 Å². The Labute approximate surface area is 147 Å².